The summed E-state index contributed by atoms with van der Waals surface area (Å²) in [6.07, 6.45) is 54.5. The van der Waals surface area contributed by atoms with Gasteiger partial charge in [-0.3, -0.25) is 4.79 Å². The maximum atomic E-state index is 13.3. The summed E-state index contributed by atoms with van der Waals surface area (Å²) >= 11 is 0. The molecule has 0 radical (unpaired) electrons. The molecular weight excluding hydrogens is 1060 g/mol. The number of rotatable bonds is 57. The van der Waals surface area contributed by atoms with Gasteiger partial charge in [0, 0.05) is 6.42 Å². The number of carbonyl (C=O) groups excluding carboxylic acids is 1. The number of hydrogen-bond acceptors (Lipinski definition) is 13. The van der Waals surface area contributed by atoms with Crippen molar-refractivity contribution in [2.45, 2.75) is 370 Å². The Balaban J connectivity index is 1.71. The van der Waals surface area contributed by atoms with E-state index in [4.69, 9.17) is 18.9 Å². The molecule has 0 aromatic carbocycles. The second-order valence-electron chi connectivity index (χ2n) is 24.6. The summed E-state index contributed by atoms with van der Waals surface area (Å²) in [5.41, 5.74) is 0. The molecule has 84 heavy (non-hydrogen) atoms. The van der Waals surface area contributed by atoms with Gasteiger partial charge in [-0.25, -0.2) is 0 Å². The molecule has 0 aliphatic carbocycles. The minimum Gasteiger partial charge on any atom is -0.394 e. The van der Waals surface area contributed by atoms with Crippen molar-refractivity contribution in [2.24, 2.45) is 0 Å². The van der Waals surface area contributed by atoms with Gasteiger partial charge in [-0.2, -0.15) is 0 Å². The second-order valence-corrected chi connectivity index (χ2v) is 24.6. The first-order chi connectivity index (χ1) is 41.1. The zero-order valence-electron chi connectivity index (χ0n) is 53.4. The van der Waals surface area contributed by atoms with Crippen molar-refractivity contribution in [3.05, 3.63) is 48.6 Å². The summed E-state index contributed by atoms with van der Waals surface area (Å²) in [6, 6.07) is -0.934. The molecule has 9 N–H and O–H groups in total. The minimum atomic E-state index is -1.79. The number of carbonyl (C=O) groups is 1. The highest BCUT2D eigenvalue weighted by atomic mass is 16.7. The molecule has 492 valence electrons. The monoisotopic (exact) mass is 1190 g/mol. The number of hydrogen-bond donors (Lipinski definition) is 9. The maximum absolute atomic E-state index is 13.3. The lowest BCUT2D eigenvalue weighted by Crippen LogP contribution is -2.65. The molecule has 14 heteroatoms. The van der Waals surface area contributed by atoms with Crippen molar-refractivity contribution in [3.63, 3.8) is 0 Å². The number of allylic oxidation sites excluding steroid dienone is 7. The summed E-state index contributed by atoms with van der Waals surface area (Å²) in [5.74, 6) is -0.247. The fourth-order valence-electron chi connectivity index (χ4n) is 11.4. The molecule has 12 atom stereocenters. The number of aliphatic hydroxyl groups is 8. The Morgan fingerprint density at radius 3 is 1.24 bits per heavy atom. The van der Waals surface area contributed by atoms with Crippen molar-refractivity contribution in [2.75, 3.05) is 19.8 Å². The molecule has 2 saturated heterocycles. The van der Waals surface area contributed by atoms with Crippen LogP contribution < -0.4 is 5.32 Å². The third kappa shape index (κ3) is 39.1. The van der Waals surface area contributed by atoms with Crippen LogP contribution in [0.1, 0.15) is 296 Å². The summed E-state index contributed by atoms with van der Waals surface area (Å²) in [5, 5.41) is 87.4. The lowest BCUT2D eigenvalue weighted by atomic mass is 9.97. The van der Waals surface area contributed by atoms with Crippen molar-refractivity contribution in [3.8, 4) is 0 Å². The van der Waals surface area contributed by atoms with E-state index in [-0.39, 0.29) is 18.9 Å². The van der Waals surface area contributed by atoms with Crippen LogP contribution >= 0.6 is 0 Å². The lowest BCUT2D eigenvalue weighted by molar-refractivity contribution is -0.359. The standard InChI is InChI=1S/C70H129NO13/c1-3-5-7-9-11-13-15-17-19-21-23-25-27-29-31-33-35-37-39-41-43-45-47-49-51-53-59(74)58(57-81-69-67(80)65(78)68(61(56-73)83-69)84-70-66(79)64(77)63(76)60(55-72)82-70)71-62(75)54-52-50-48-46-44-42-40-38-36-34-32-30-28-26-24-22-20-18-16-14-12-10-8-6-4-2/h16,18,22,24,43,45,51,53,58-61,63-70,72-74,76-80H,3-15,17,19-21,23,25-42,44,46-50,52,54-57H2,1-2H3,(H,71,75)/b18-16-,24-22-,45-43+,53-51+. The Morgan fingerprint density at radius 2 is 0.798 bits per heavy atom. The van der Waals surface area contributed by atoms with E-state index in [0.29, 0.717) is 12.8 Å². The third-order valence-electron chi connectivity index (χ3n) is 17.0. The zero-order valence-corrected chi connectivity index (χ0v) is 53.4. The van der Waals surface area contributed by atoms with E-state index in [2.05, 4.69) is 55.6 Å². The van der Waals surface area contributed by atoms with Crippen LogP contribution in [0.25, 0.3) is 0 Å². The molecule has 2 aliphatic heterocycles. The van der Waals surface area contributed by atoms with E-state index in [1.807, 2.05) is 6.08 Å². The molecule has 2 rings (SSSR count). The fourth-order valence-corrected chi connectivity index (χ4v) is 11.4. The van der Waals surface area contributed by atoms with Gasteiger partial charge in [0.15, 0.2) is 12.6 Å². The molecule has 12 unspecified atom stereocenters. The Kier molecular flexibility index (Phi) is 51.1. The largest absolute Gasteiger partial charge is 0.394 e. The number of amides is 1. The van der Waals surface area contributed by atoms with Crippen molar-refractivity contribution >= 4 is 5.91 Å². The Bertz CT molecular complexity index is 1590. The van der Waals surface area contributed by atoms with E-state index in [1.165, 1.54) is 225 Å². The van der Waals surface area contributed by atoms with Crippen LogP contribution in [0.2, 0.25) is 0 Å². The van der Waals surface area contributed by atoms with Gasteiger partial charge in [-0.05, 0) is 64.2 Å². The van der Waals surface area contributed by atoms with Crippen molar-refractivity contribution in [1.29, 1.82) is 0 Å². The van der Waals surface area contributed by atoms with Crippen LogP contribution in [0.3, 0.4) is 0 Å². The van der Waals surface area contributed by atoms with Gasteiger partial charge in [0.05, 0.1) is 32.0 Å². The highest BCUT2D eigenvalue weighted by Gasteiger charge is 2.51. The Hall–Kier alpha value is -2.05. The van der Waals surface area contributed by atoms with Gasteiger partial charge in [0.1, 0.15) is 48.8 Å². The van der Waals surface area contributed by atoms with Gasteiger partial charge in [-0.15, -0.1) is 0 Å². The lowest BCUT2D eigenvalue weighted by Gasteiger charge is -2.46. The quantitative estimate of drug-likeness (QED) is 0.0204. The van der Waals surface area contributed by atoms with Crippen LogP contribution in [-0.4, -0.2) is 140 Å². The van der Waals surface area contributed by atoms with Crippen LogP contribution in [-0.2, 0) is 23.7 Å². The van der Waals surface area contributed by atoms with Gasteiger partial charge in [-0.1, -0.05) is 274 Å². The first-order valence-electron chi connectivity index (χ1n) is 34.9. The Labute approximate surface area is 512 Å². The normalized spacial score (nSPS) is 23.9. The van der Waals surface area contributed by atoms with Gasteiger partial charge < -0.3 is 65.1 Å². The fraction of sp³-hybridized carbons (Fsp3) is 0.871. The predicted molar refractivity (Wildman–Crippen MR) is 341 cm³/mol. The highest BCUT2D eigenvalue weighted by molar-refractivity contribution is 5.76. The molecule has 2 fully saturated rings. The summed E-state index contributed by atoms with van der Waals surface area (Å²) < 4.78 is 22.8. The molecule has 1 amide bonds. The van der Waals surface area contributed by atoms with Crippen LogP contribution in [0, 0.1) is 0 Å². The smallest absolute Gasteiger partial charge is 0.220 e. The number of unbranched alkanes of at least 4 members (excludes halogenated alkanes) is 38. The van der Waals surface area contributed by atoms with Gasteiger partial charge in [0.25, 0.3) is 0 Å². The highest BCUT2D eigenvalue weighted by Crippen LogP contribution is 2.30. The molecule has 0 aromatic rings. The molecule has 0 spiro atoms. The minimum absolute atomic E-state index is 0.247. The topological polar surface area (TPSA) is 228 Å². The van der Waals surface area contributed by atoms with Crippen molar-refractivity contribution in [1.82, 2.24) is 5.32 Å². The first kappa shape index (κ1) is 78.0. The number of nitrogens with one attached hydrogen (secondary N) is 1. The molecular formula is C70H129NO13. The van der Waals surface area contributed by atoms with E-state index in [1.54, 1.807) is 6.08 Å². The summed E-state index contributed by atoms with van der Waals surface area (Å²) in [6.45, 7) is 2.81. The molecule has 0 bridgehead atoms. The average molecular weight is 1190 g/mol. The average Bonchev–Trinajstić information content (AvgIpc) is 3.18. The van der Waals surface area contributed by atoms with Crippen LogP contribution in [0.4, 0.5) is 0 Å². The van der Waals surface area contributed by atoms with Gasteiger partial charge in [0.2, 0.25) is 5.91 Å². The van der Waals surface area contributed by atoms with E-state index >= 15 is 0 Å². The SMILES string of the molecule is CCCCCCC/C=C\C/C=C\CCCCCCCCCCCCCCCC(=O)NC(COC1OC(CO)C(OC2OC(CO)C(O)C(O)C2O)C(O)C1O)C(O)/C=C/CC/C=C/CCCCCCCCCCCCCCCCCCCCC. The zero-order chi connectivity index (χ0) is 60.9. The third-order valence-corrected chi connectivity index (χ3v) is 17.0. The van der Waals surface area contributed by atoms with E-state index < -0.39 is 86.8 Å². The number of aliphatic hydroxyl groups excluding tert-OH is 8. The summed E-state index contributed by atoms with van der Waals surface area (Å²) in [4.78, 5) is 13.3. The molecule has 0 saturated carbocycles. The van der Waals surface area contributed by atoms with E-state index in [9.17, 15) is 45.6 Å². The number of ether oxygens (including phenoxy) is 4. The molecule has 2 heterocycles. The van der Waals surface area contributed by atoms with Crippen LogP contribution in [0.5, 0.6) is 0 Å². The molecule has 14 nitrogen and oxygen atoms in total. The van der Waals surface area contributed by atoms with Crippen molar-refractivity contribution < 1.29 is 64.6 Å². The molecule has 2 aliphatic rings. The Morgan fingerprint density at radius 1 is 0.429 bits per heavy atom. The first-order valence-corrected chi connectivity index (χ1v) is 34.9. The predicted octanol–water partition coefficient (Wildman–Crippen LogP) is 13.9. The molecule has 0 aromatic heterocycles. The van der Waals surface area contributed by atoms with Crippen LogP contribution in [0.15, 0.2) is 48.6 Å². The van der Waals surface area contributed by atoms with E-state index in [0.717, 1.165) is 38.5 Å². The summed E-state index contributed by atoms with van der Waals surface area (Å²) in [7, 11) is 0. The maximum Gasteiger partial charge on any atom is 0.220 e. The second kappa shape index (κ2) is 55.1. The van der Waals surface area contributed by atoms with Gasteiger partial charge >= 0.3 is 0 Å².